The standard InChI is InChI=1S/C25H29N5O5/c1-15(2)35-22(31)14-19(17-9-6-7-10-20(17)30(33)34)27-25(32)18-13-16(3)26-24-23(18)28-21-11-5-4-8-12-29(21)24/h6-7,9-10,13,15,19H,4-5,8,11-12,14H2,1-3H3,(H,27,32). The number of nitrogens with one attached hydrogen (secondary N) is 1. The lowest BCUT2D eigenvalue weighted by molar-refractivity contribution is -0.385. The smallest absolute Gasteiger partial charge is 0.308 e. The molecule has 0 fully saturated rings. The summed E-state index contributed by atoms with van der Waals surface area (Å²) in [5.74, 6) is -0.136. The van der Waals surface area contributed by atoms with Gasteiger partial charge in [0.15, 0.2) is 5.65 Å². The van der Waals surface area contributed by atoms with Crippen LogP contribution < -0.4 is 5.32 Å². The van der Waals surface area contributed by atoms with Crippen molar-refractivity contribution < 1.29 is 19.2 Å². The van der Waals surface area contributed by atoms with Gasteiger partial charge >= 0.3 is 5.97 Å². The summed E-state index contributed by atoms with van der Waals surface area (Å²) in [6.45, 7) is 6.04. The molecule has 1 unspecified atom stereocenters. The molecule has 3 heterocycles. The first kappa shape index (κ1) is 24.3. The Morgan fingerprint density at radius 3 is 2.71 bits per heavy atom. The normalized spacial score (nSPS) is 14.3. The number of esters is 1. The van der Waals surface area contributed by atoms with E-state index in [-0.39, 0.29) is 23.8 Å². The number of rotatable bonds is 7. The Morgan fingerprint density at radius 2 is 1.97 bits per heavy atom. The van der Waals surface area contributed by atoms with Gasteiger partial charge in [-0.05, 0) is 39.7 Å². The molecule has 3 aromatic rings. The predicted molar refractivity (Wildman–Crippen MR) is 129 cm³/mol. The molecule has 35 heavy (non-hydrogen) atoms. The summed E-state index contributed by atoms with van der Waals surface area (Å²) in [7, 11) is 0. The minimum Gasteiger partial charge on any atom is -0.463 e. The van der Waals surface area contributed by atoms with E-state index in [0.29, 0.717) is 22.4 Å². The lowest BCUT2D eigenvalue weighted by Crippen LogP contribution is -2.32. The second-order valence-corrected chi connectivity index (χ2v) is 9.06. The molecule has 0 spiro atoms. The number of imidazole rings is 1. The van der Waals surface area contributed by atoms with Gasteiger partial charge in [0.2, 0.25) is 0 Å². The number of nitrogens with zero attached hydrogens (tertiary/aromatic N) is 4. The molecule has 0 aliphatic carbocycles. The van der Waals surface area contributed by atoms with Crippen LogP contribution in [0.3, 0.4) is 0 Å². The lowest BCUT2D eigenvalue weighted by Gasteiger charge is -2.19. The maximum atomic E-state index is 13.6. The fourth-order valence-electron chi connectivity index (χ4n) is 4.49. The monoisotopic (exact) mass is 479 g/mol. The third-order valence-electron chi connectivity index (χ3n) is 5.99. The van der Waals surface area contributed by atoms with Crippen molar-refractivity contribution in [3.63, 3.8) is 0 Å². The van der Waals surface area contributed by atoms with Crippen LogP contribution in [-0.4, -0.2) is 37.4 Å². The molecule has 1 aliphatic heterocycles. The van der Waals surface area contributed by atoms with Gasteiger partial charge in [-0.15, -0.1) is 0 Å². The van der Waals surface area contributed by atoms with Gasteiger partial charge in [-0.3, -0.25) is 19.7 Å². The van der Waals surface area contributed by atoms with Gasteiger partial charge in [0.05, 0.1) is 34.6 Å². The summed E-state index contributed by atoms with van der Waals surface area (Å²) in [4.78, 5) is 46.6. The van der Waals surface area contributed by atoms with E-state index in [1.54, 1.807) is 32.0 Å². The Morgan fingerprint density at radius 1 is 1.20 bits per heavy atom. The van der Waals surface area contributed by atoms with E-state index in [9.17, 15) is 19.7 Å². The molecule has 1 aromatic carbocycles. The third-order valence-corrected chi connectivity index (χ3v) is 5.99. The zero-order valence-corrected chi connectivity index (χ0v) is 20.1. The van der Waals surface area contributed by atoms with Crippen LogP contribution in [0.4, 0.5) is 5.69 Å². The molecule has 0 saturated carbocycles. The number of hydrogen-bond acceptors (Lipinski definition) is 7. The fraction of sp³-hybridized carbons (Fsp3) is 0.440. The van der Waals surface area contributed by atoms with Crippen molar-refractivity contribution in [1.29, 1.82) is 0 Å². The summed E-state index contributed by atoms with van der Waals surface area (Å²) in [6.07, 6.45) is 3.38. The topological polar surface area (TPSA) is 129 Å². The average molecular weight is 480 g/mol. The van der Waals surface area contributed by atoms with Crippen molar-refractivity contribution >= 4 is 28.7 Å². The summed E-state index contributed by atoms with van der Waals surface area (Å²) < 4.78 is 7.34. The molecule has 4 rings (SSSR count). The van der Waals surface area contributed by atoms with Crippen LogP contribution in [-0.2, 0) is 22.5 Å². The maximum Gasteiger partial charge on any atom is 0.308 e. The molecule has 2 aromatic heterocycles. The van der Waals surface area contributed by atoms with Crippen molar-refractivity contribution in [1.82, 2.24) is 19.9 Å². The molecular formula is C25H29N5O5. The average Bonchev–Trinajstić information content (AvgIpc) is 2.98. The maximum absolute atomic E-state index is 13.6. The number of pyridine rings is 1. The molecule has 1 N–H and O–H groups in total. The van der Waals surface area contributed by atoms with Gasteiger partial charge in [-0.2, -0.15) is 0 Å². The number of carbonyl (C=O) groups is 2. The lowest BCUT2D eigenvalue weighted by atomic mass is 10.0. The zero-order valence-electron chi connectivity index (χ0n) is 20.1. The van der Waals surface area contributed by atoms with E-state index in [1.165, 1.54) is 12.1 Å². The molecule has 1 amide bonds. The quantitative estimate of drug-likeness (QED) is 0.306. The van der Waals surface area contributed by atoms with Crippen molar-refractivity contribution in [3.05, 3.63) is 63.1 Å². The summed E-state index contributed by atoms with van der Waals surface area (Å²) in [5.41, 5.74) is 2.20. The zero-order chi connectivity index (χ0) is 25.1. The minimum atomic E-state index is -0.959. The number of carbonyl (C=O) groups excluding carboxylic acids is 2. The first-order valence-electron chi connectivity index (χ1n) is 11.8. The van der Waals surface area contributed by atoms with Crippen molar-refractivity contribution in [2.24, 2.45) is 0 Å². The predicted octanol–water partition coefficient (Wildman–Crippen LogP) is 4.19. The first-order chi connectivity index (χ1) is 16.7. The second kappa shape index (κ2) is 10.2. The van der Waals surface area contributed by atoms with Gasteiger partial charge in [-0.25, -0.2) is 9.97 Å². The highest BCUT2D eigenvalue weighted by Gasteiger charge is 2.28. The van der Waals surface area contributed by atoms with Crippen molar-refractivity contribution in [3.8, 4) is 0 Å². The van der Waals surface area contributed by atoms with E-state index >= 15 is 0 Å². The Bertz CT molecular complexity index is 1280. The van der Waals surface area contributed by atoms with Crippen LogP contribution in [0.5, 0.6) is 0 Å². The van der Waals surface area contributed by atoms with E-state index in [1.807, 2.05) is 6.92 Å². The van der Waals surface area contributed by atoms with Gasteiger partial charge in [0, 0.05) is 24.7 Å². The van der Waals surface area contributed by atoms with Crippen LogP contribution in [0.15, 0.2) is 30.3 Å². The Hall–Kier alpha value is -3.82. The van der Waals surface area contributed by atoms with E-state index < -0.39 is 22.8 Å². The number of aromatic nitrogens is 3. The highest BCUT2D eigenvalue weighted by atomic mass is 16.6. The highest BCUT2D eigenvalue weighted by Crippen LogP contribution is 2.29. The Balaban J connectivity index is 1.73. The number of amides is 1. The van der Waals surface area contributed by atoms with Crippen LogP contribution in [0.1, 0.15) is 73.0 Å². The molecule has 10 nitrogen and oxygen atoms in total. The highest BCUT2D eigenvalue weighted by molar-refractivity contribution is 6.04. The molecule has 1 atom stereocenters. The Kier molecular flexibility index (Phi) is 7.09. The van der Waals surface area contributed by atoms with E-state index in [2.05, 4.69) is 14.9 Å². The fourth-order valence-corrected chi connectivity index (χ4v) is 4.49. The number of hydrogen-bond donors (Lipinski definition) is 1. The van der Waals surface area contributed by atoms with Gasteiger partial charge in [0.1, 0.15) is 11.3 Å². The van der Waals surface area contributed by atoms with Crippen LogP contribution >= 0.6 is 0 Å². The molecule has 0 radical (unpaired) electrons. The molecule has 184 valence electrons. The van der Waals surface area contributed by atoms with Gasteiger partial charge in [0.25, 0.3) is 11.6 Å². The van der Waals surface area contributed by atoms with Crippen LogP contribution in [0.25, 0.3) is 11.2 Å². The van der Waals surface area contributed by atoms with E-state index in [0.717, 1.165) is 38.1 Å². The van der Waals surface area contributed by atoms with E-state index in [4.69, 9.17) is 9.72 Å². The number of fused-ring (bicyclic) bond motifs is 3. The van der Waals surface area contributed by atoms with Crippen molar-refractivity contribution in [2.45, 2.75) is 71.6 Å². The van der Waals surface area contributed by atoms with Crippen molar-refractivity contribution in [2.75, 3.05) is 0 Å². The largest absolute Gasteiger partial charge is 0.463 e. The third kappa shape index (κ3) is 5.31. The van der Waals surface area contributed by atoms with Gasteiger partial charge < -0.3 is 14.6 Å². The number of ether oxygens (including phenoxy) is 1. The summed E-state index contributed by atoms with van der Waals surface area (Å²) >= 11 is 0. The first-order valence-corrected chi connectivity index (χ1v) is 11.8. The number of benzene rings is 1. The number of nitro groups is 1. The van der Waals surface area contributed by atoms with Crippen LogP contribution in [0.2, 0.25) is 0 Å². The minimum absolute atomic E-state index is 0.181. The van der Waals surface area contributed by atoms with Crippen LogP contribution in [0, 0.1) is 17.0 Å². The summed E-state index contributed by atoms with van der Waals surface area (Å²) in [6, 6.07) is 6.77. The SMILES string of the molecule is Cc1cc(C(=O)NC(CC(=O)OC(C)C)c2ccccc2[N+](=O)[O-])c2nc3n(c2n1)CCCCC3. The molecule has 0 bridgehead atoms. The molecule has 0 saturated heterocycles. The number of aryl methyl sites for hydroxylation is 3. The van der Waals surface area contributed by atoms with Gasteiger partial charge in [-0.1, -0.05) is 24.6 Å². The second-order valence-electron chi connectivity index (χ2n) is 9.06. The molecular weight excluding hydrogens is 450 g/mol. The number of para-hydroxylation sites is 1. The number of nitro benzene ring substituents is 1. The Labute approximate surface area is 202 Å². The summed E-state index contributed by atoms with van der Waals surface area (Å²) in [5, 5.41) is 14.5. The molecule has 10 heteroatoms. The molecule has 1 aliphatic rings.